The molecule has 2 heterocycles. The van der Waals surface area contributed by atoms with E-state index in [-0.39, 0.29) is 58.8 Å². The first-order valence-electron chi connectivity index (χ1n) is 20.4. The fourth-order valence-corrected chi connectivity index (χ4v) is 12.5. The summed E-state index contributed by atoms with van der Waals surface area (Å²) in [5.41, 5.74) is -0.462. The summed E-state index contributed by atoms with van der Waals surface area (Å²) in [5, 5.41) is 53.1. The van der Waals surface area contributed by atoms with Crippen molar-refractivity contribution in [1.82, 2.24) is 0 Å². The predicted molar refractivity (Wildman–Crippen MR) is 196 cm³/mol. The number of aliphatic hydroxyl groups excluding tert-OH is 4. The SMILES string of the molecule is C[C@H](CCC(=O)C(C)(C)O)[C@H]1CC[C@@]2(C)C3CC=C4[C@@H](CC[C@H](O[C@H]5C[C@@H](O)C[C@@H](CO[C@H]6C[C@@H](O)C[C@@H](CO)O6)O5)C4(C)C)[C@]3(C)[C@H](O)C[C@]12C. The Morgan fingerprint density at radius 1 is 0.942 bits per heavy atom. The molecule has 0 aromatic rings. The van der Waals surface area contributed by atoms with Crippen molar-refractivity contribution in [2.24, 2.45) is 45.3 Å². The molecule has 298 valence electrons. The Morgan fingerprint density at radius 2 is 1.60 bits per heavy atom. The summed E-state index contributed by atoms with van der Waals surface area (Å²) in [6.07, 6.45) is 7.03. The third-order valence-corrected chi connectivity index (χ3v) is 15.8. The smallest absolute Gasteiger partial charge is 0.163 e. The lowest BCUT2D eigenvalue weighted by Gasteiger charge is -2.67. The number of aliphatic hydroxyl groups is 5. The average Bonchev–Trinajstić information content (AvgIpc) is 3.33. The maximum absolute atomic E-state index is 12.6. The van der Waals surface area contributed by atoms with Crippen LogP contribution < -0.4 is 0 Å². The van der Waals surface area contributed by atoms with E-state index in [4.69, 9.17) is 18.9 Å². The van der Waals surface area contributed by atoms with Crippen LogP contribution in [-0.4, -0.2) is 99.3 Å². The molecule has 0 bridgehead atoms. The molecule has 6 rings (SSSR count). The maximum Gasteiger partial charge on any atom is 0.163 e. The second-order valence-electron chi connectivity index (χ2n) is 19.6. The van der Waals surface area contributed by atoms with Gasteiger partial charge in [-0.05, 0) is 93.3 Å². The molecule has 2 saturated heterocycles. The van der Waals surface area contributed by atoms with Gasteiger partial charge in [0.2, 0.25) is 0 Å². The van der Waals surface area contributed by atoms with Gasteiger partial charge >= 0.3 is 0 Å². The molecule has 10 nitrogen and oxygen atoms in total. The highest BCUT2D eigenvalue weighted by atomic mass is 16.7. The van der Waals surface area contributed by atoms with Crippen molar-refractivity contribution in [3.05, 3.63) is 11.6 Å². The molecule has 0 amide bonds. The van der Waals surface area contributed by atoms with Crippen LogP contribution in [0.3, 0.4) is 0 Å². The van der Waals surface area contributed by atoms with E-state index < -0.39 is 42.6 Å². The molecule has 0 aromatic carbocycles. The van der Waals surface area contributed by atoms with Crippen molar-refractivity contribution in [3.63, 3.8) is 0 Å². The van der Waals surface area contributed by atoms with Gasteiger partial charge in [0.25, 0.3) is 0 Å². The van der Waals surface area contributed by atoms with Crippen LogP contribution in [0.5, 0.6) is 0 Å². The van der Waals surface area contributed by atoms with E-state index in [1.165, 1.54) is 5.57 Å². The summed E-state index contributed by atoms with van der Waals surface area (Å²) >= 11 is 0. The zero-order valence-corrected chi connectivity index (χ0v) is 33.2. The molecule has 0 spiro atoms. The summed E-state index contributed by atoms with van der Waals surface area (Å²) in [7, 11) is 0. The Morgan fingerprint density at radius 3 is 2.27 bits per heavy atom. The lowest BCUT2D eigenvalue weighted by atomic mass is 9.38. The van der Waals surface area contributed by atoms with Crippen molar-refractivity contribution in [3.8, 4) is 0 Å². The van der Waals surface area contributed by atoms with Crippen LogP contribution in [0.25, 0.3) is 0 Å². The molecule has 3 saturated carbocycles. The number of carbonyl (C=O) groups is 1. The topological polar surface area (TPSA) is 155 Å². The highest BCUT2D eigenvalue weighted by Gasteiger charge is 2.70. The molecule has 10 heteroatoms. The minimum absolute atomic E-state index is 0.0438. The number of fused-ring (bicyclic) bond motifs is 5. The summed E-state index contributed by atoms with van der Waals surface area (Å²) in [4.78, 5) is 12.6. The van der Waals surface area contributed by atoms with Crippen LogP contribution in [-0.2, 0) is 23.7 Å². The molecule has 0 aromatic heterocycles. The molecule has 6 aliphatic rings. The van der Waals surface area contributed by atoms with Gasteiger partial charge in [-0.3, -0.25) is 4.79 Å². The molecule has 1 unspecified atom stereocenters. The third-order valence-electron chi connectivity index (χ3n) is 15.8. The molecular formula is C42H70O10. The van der Waals surface area contributed by atoms with Crippen molar-refractivity contribution >= 4 is 5.78 Å². The normalized spacial score (nSPS) is 46.8. The van der Waals surface area contributed by atoms with Crippen LogP contribution in [0.15, 0.2) is 11.6 Å². The second kappa shape index (κ2) is 14.8. The summed E-state index contributed by atoms with van der Waals surface area (Å²) in [6, 6.07) is 0. The second-order valence-corrected chi connectivity index (χ2v) is 19.6. The highest BCUT2D eigenvalue weighted by molar-refractivity contribution is 5.86. The van der Waals surface area contributed by atoms with Gasteiger partial charge in [0.1, 0.15) is 5.60 Å². The zero-order chi connectivity index (χ0) is 38.0. The summed E-state index contributed by atoms with van der Waals surface area (Å²) in [5.74, 6) is 1.22. The van der Waals surface area contributed by atoms with E-state index in [1.54, 1.807) is 13.8 Å². The largest absolute Gasteiger partial charge is 0.394 e. The molecule has 5 N–H and O–H groups in total. The number of hydrogen-bond donors (Lipinski definition) is 5. The lowest BCUT2D eigenvalue weighted by Crippen LogP contribution is -2.64. The van der Waals surface area contributed by atoms with E-state index in [2.05, 4.69) is 47.6 Å². The third kappa shape index (κ3) is 7.24. The van der Waals surface area contributed by atoms with Gasteiger partial charge < -0.3 is 44.5 Å². The number of Topliss-reactive ketones (excluding diaryl/α,β-unsaturated/α-hetero) is 1. The van der Waals surface area contributed by atoms with E-state index in [0.29, 0.717) is 49.9 Å². The number of carbonyl (C=O) groups excluding carboxylic acids is 1. The number of ketones is 1. The molecule has 15 atom stereocenters. The van der Waals surface area contributed by atoms with Crippen LogP contribution in [0.1, 0.15) is 132 Å². The first kappa shape index (κ1) is 40.7. The fraction of sp³-hybridized carbons (Fsp3) is 0.929. The van der Waals surface area contributed by atoms with Crippen molar-refractivity contribution in [1.29, 1.82) is 0 Å². The van der Waals surface area contributed by atoms with E-state index in [9.17, 15) is 30.3 Å². The number of rotatable bonds is 11. The van der Waals surface area contributed by atoms with Crippen molar-refractivity contribution in [2.45, 2.75) is 187 Å². The van der Waals surface area contributed by atoms with E-state index in [1.807, 2.05) is 0 Å². The van der Waals surface area contributed by atoms with E-state index >= 15 is 0 Å². The van der Waals surface area contributed by atoms with Gasteiger partial charge in [0.05, 0.1) is 49.8 Å². The monoisotopic (exact) mass is 734 g/mol. The van der Waals surface area contributed by atoms with Gasteiger partial charge in [-0.1, -0.05) is 53.2 Å². The van der Waals surface area contributed by atoms with Crippen LogP contribution >= 0.6 is 0 Å². The number of allylic oxidation sites excluding steroid dienone is 1. The first-order valence-corrected chi connectivity index (χ1v) is 20.4. The summed E-state index contributed by atoms with van der Waals surface area (Å²) < 4.78 is 24.8. The van der Waals surface area contributed by atoms with Gasteiger partial charge in [-0.2, -0.15) is 0 Å². The number of hydrogen-bond acceptors (Lipinski definition) is 10. The first-order chi connectivity index (χ1) is 24.2. The van der Waals surface area contributed by atoms with Crippen molar-refractivity contribution < 1.29 is 49.3 Å². The Hall–Kier alpha value is -0.950. The lowest BCUT2D eigenvalue weighted by molar-refractivity contribution is -0.277. The molecule has 52 heavy (non-hydrogen) atoms. The van der Waals surface area contributed by atoms with Gasteiger partial charge in [-0.25, -0.2) is 0 Å². The Kier molecular flexibility index (Phi) is 11.6. The van der Waals surface area contributed by atoms with Crippen LogP contribution in [0, 0.1) is 45.3 Å². The van der Waals surface area contributed by atoms with Gasteiger partial charge in [0.15, 0.2) is 18.4 Å². The Balaban J connectivity index is 1.13. The summed E-state index contributed by atoms with van der Waals surface area (Å²) in [6.45, 7) is 17.3. The van der Waals surface area contributed by atoms with Crippen LogP contribution in [0.2, 0.25) is 0 Å². The zero-order valence-electron chi connectivity index (χ0n) is 33.2. The molecule has 5 fully saturated rings. The quantitative estimate of drug-likeness (QED) is 0.173. The minimum Gasteiger partial charge on any atom is -0.394 e. The molecule has 0 radical (unpaired) electrons. The van der Waals surface area contributed by atoms with E-state index in [0.717, 1.165) is 44.9 Å². The van der Waals surface area contributed by atoms with Crippen molar-refractivity contribution in [2.75, 3.05) is 13.2 Å². The standard InChI is InChI=1S/C42H70O10/c1-24(9-13-33(46)39(4,5)48)29-15-16-40(6)32-12-10-30-31(42(32,8)34(47)21-41(29,40)7)11-14-35(38(30,2)3)52-37-20-26(45)18-28(51-37)23-49-36-19-25(44)17-27(22-43)50-36/h10,24-29,31-32,34-37,43-45,47-48H,9,11-23H2,1-8H3/t24-,25+,26+,27+,28+,29-,31-,32?,34-,35+,36-,37+,40+,41-,42+/m1/s1. The maximum atomic E-state index is 12.6. The van der Waals surface area contributed by atoms with Gasteiger partial charge in [0, 0.05) is 42.9 Å². The Bertz CT molecular complexity index is 1310. The average molecular weight is 735 g/mol. The molecule has 2 aliphatic heterocycles. The molecule has 4 aliphatic carbocycles. The fourth-order valence-electron chi connectivity index (χ4n) is 12.5. The Labute approximate surface area is 312 Å². The van der Waals surface area contributed by atoms with Gasteiger partial charge in [-0.15, -0.1) is 0 Å². The highest BCUT2D eigenvalue weighted by Crippen LogP contribution is 2.75. The molecular weight excluding hydrogens is 664 g/mol. The predicted octanol–water partition coefficient (Wildman–Crippen LogP) is 5.44. The van der Waals surface area contributed by atoms with Crippen LogP contribution in [0.4, 0.5) is 0 Å². The number of ether oxygens (including phenoxy) is 4. The minimum atomic E-state index is -1.30.